The van der Waals surface area contributed by atoms with Crippen molar-refractivity contribution in [3.8, 4) is 11.4 Å². The number of carbonyl (C=O) groups excluding carboxylic acids is 1. The van der Waals surface area contributed by atoms with Crippen LogP contribution in [0, 0.1) is 10.1 Å². The van der Waals surface area contributed by atoms with E-state index < -0.39 is 16.6 Å². The number of rotatable bonds is 2. The summed E-state index contributed by atoms with van der Waals surface area (Å²) in [5, 5.41) is 12.1. The summed E-state index contributed by atoms with van der Waals surface area (Å²) in [4.78, 5) is 26.5. The van der Waals surface area contributed by atoms with E-state index in [1.165, 1.54) is 10.8 Å². The van der Waals surface area contributed by atoms with Gasteiger partial charge in [0.1, 0.15) is 11.3 Å². The number of nitro groups is 1. The largest absolute Gasteiger partial charge is 0.443 e. The first-order valence-corrected chi connectivity index (χ1v) is 7.44. The van der Waals surface area contributed by atoms with E-state index in [4.69, 9.17) is 4.74 Å². The molecule has 0 aliphatic heterocycles. The number of aromatic nitrogens is 2. The van der Waals surface area contributed by atoms with Gasteiger partial charge in [0.2, 0.25) is 0 Å². The Kier molecular flexibility index (Phi) is 3.63. The molecule has 0 amide bonds. The molecule has 3 aromatic rings. The fourth-order valence-corrected chi connectivity index (χ4v) is 2.56. The second-order valence-corrected chi connectivity index (χ2v) is 6.40. The Bertz CT molecular complexity index is 931. The van der Waals surface area contributed by atoms with Crippen molar-refractivity contribution in [1.29, 1.82) is 0 Å². The van der Waals surface area contributed by atoms with E-state index >= 15 is 0 Å². The predicted molar refractivity (Wildman–Crippen MR) is 90.0 cm³/mol. The quantitative estimate of drug-likeness (QED) is 0.560. The highest BCUT2D eigenvalue weighted by Crippen LogP contribution is 2.36. The smallest absolute Gasteiger partial charge is 0.419 e. The van der Waals surface area contributed by atoms with Crippen molar-refractivity contribution in [3.05, 3.63) is 52.7 Å². The van der Waals surface area contributed by atoms with Crippen LogP contribution >= 0.6 is 0 Å². The number of benzene rings is 1. The van der Waals surface area contributed by atoms with Crippen LogP contribution < -0.4 is 0 Å². The lowest BCUT2D eigenvalue weighted by molar-refractivity contribution is -0.382. The number of para-hydroxylation sites is 1. The van der Waals surface area contributed by atoms with E-state index in [0.717, 1.165) is 0 Å². The zero-order valence-electron chi connectivity index (χ0n) is 13.6. The molecule has 3 rings (SSSR count). The summed E-state index contributed by atoms with van der Waals surface area (Å²) >= 11 is 0. The molecule has 7 heteroatoms. The molecule has 0 aliphatic rings. The Morgan fingerprint density at radius 1 is 1.21 bits per heavy atom. The number of nitrogens with zero attached hydrogens (tertiary/aromatic N) is 2. The fraction of sp³-hybridized carbons (Fsp3) is 0.235. The number of aromatic amines is 1. The number of H-pyrrole nitrogens is 1. The lowest BCUT2D eigenvalue weighted by Crippen LogP contribution is -2.27. The van der Waals surface area contributed by atoms with Crippen LogP contribution in [0.2, 0.25) is 0 Å². The number of fused-ring (bicyclic) bond motifs is 1. The van der Waals surface area contributed by atoms with Gasteiger partial charge in [-0.25, -0.2) is 4.79 Å². The van der Waals surface area contributed by atoms with Crippen LogP contribution in [0.1, 0.15) is 20.8 Å². The van der Waals surface area contributed by atoms with Gasteiger partial charge in [-0.05, 0) is 45.0 Å². The van der Waals surface area contributed by atoms with Crippen LogP contribution in [0.3, 0.4) is 0 Å². The van der Waals surface area contributed by atoms with Crippen LogP contribution in [0.4, 0.5) is 10.5 Å². The van der Waals surface area contributed by atoms with Gasteiger partial charge in [0.25, 0.3) is 0 Å². The summed E-state index contributed by atoms with van der Waals surface area (Å²) in [6.07, 6.45) is 0.939. The molecule has 0 fully saturated rings. The van der Waals surface area contributed by atoms with Crippen molar-refractivity contribution in [2.75, 3.05) is 0 Å². The van der Waals surface area contributed by atoms with Gasteiger partial charge in [-0.1, -0.05) is 12.1 Å². The highest BCUT2D eigenvalue weighted by molar-refractivity contribution is 5.98. The monoisotopic (exact) mass is 327 g/mol. The summed E-state index contributed by atoms with van der Waals surface area (Å²) in [5.74, 6) is 0. The second-order valence-electron chi connectivity index (χ2n) is 6.40. The van der Waals surface area contributed by atoms with Crippen LogP contribution in [0.5, 0.6) is 0 Å². The minimum absolute atomic E-state index is 0.0610. The van der Waals surface area contributed by atoms with E-state index in [-0.39, 0.29) is 11.4 Å². The molecule has 124 valence electrons. The summed E-state index contributed by atoms with van der Waals surface area (Å²) < 4.78 is 6.63. The van der Waals surface area contributed by atoms with E-state index in [1.54, 1.807) is 57.2 Å². The molecular formula is C17H17N3O4. The Hall–Kier alpha value is -3.09. The number of hydrogen-bond acceptors (Lipinski definition) is 4. The number of ether oxygens (including phenoxy) is 1. The Morgan fingerprint density at radius 3 is 2.58 bits per heavy atom. The van der Waals surface area contributed by atoms with Crippen LogP contribution in [0.15, 0.2) is 42.6 Å². The van der Waals surface area contributed by atoms with E-state index in [1.807, 2.05) is 0 Å². The number of nitrogens with one attached hydrogen (secondary N) is 1. The third kappa shape index (κ3) is 2.76. The minimum Gasteiger partial charge on any atom is -0.443 e. The average molecular weight is 327 g/mol. The SMILES string of the molecule is CC(C)(C)OC(=O)n1cccc1-c1[nH]c2ccccc2c1[N+](=O)[O-]. The first-order valence-electron chi connectivity index (χ1n) is 7.44. The molecule has 0 bridgehead atoms. The maximum atomic E-state index is 12.4. The number of carbonyl (C=O) groups is 1. The third-order valence-corrected chi connectivity index (χ3v) is 3.46. The van der Waals surface area contributed by atoms with E-state index in [0.29, 0.717) is 16.6 Å². The van der Waals surface area contributed by atoms with Crippen LogP contribution in [-0.2, 0) is 4.74 Å². The molecule has 7 nitrogen and oxygen atoms in total. The van der Waals surface area contributed by atoms with Gasteiger partial charge >= 0.3 is 11.8 Å². The summed E-state index contributed by atoms with van der Waals surface area (Å²) in [6.45, 7) is 5.29. The Labute approximate surface area is 138 Å². The average Bonchev–Trinajstić information content (AvgIpc) is 3.09. The zero-order chi connectivity index (χ0) is 17.5. The van der Waals surface area contributed by atoms with E-state index in [2.05, 4.69) is 4.98 Å². The first kappa shape index (κ1) is 15.8. The standard InChI is InChI=1S/C17H17N3O4/c1-17(2,3)24-16(21)19-10-6-9-13(19)14-15(20(22)23)11-7-4-5-8-12(11)18-14/h4-10,18H,1-3H3. The van der Waals surface area contributed by atoms with Gasteiger partial charge < -0.3 is 9.72 Å². The molecule has 0 aliphatic carbocycles. The molecule has 0 atom stereocenters. The molecule has 0 spiro atoms. The first-order chi connectivity index (χ1) is 11.3. The van der Waals surface area contributed by atoms with Crippen molar-refractivity contribution < 1.29 is 14.5 Å². The van der Waals surface area contributed by atoms with Gasteiger partial charge in [-0.3, -0.25) is 14.7 Å². The van der Waals surface area contributed by atoms with Crippen molar-refractivity contribution in [2.45, 2.75) is 26.4 Å². The van der Waals surface area contributed by atoms with Gasteiger partial charge in [0, 0.05) is 6.20 Å². The van der Waals surface area contributed by atoms with E-state index in [9.17, 15) is 14.9 Å². The maximum Gasteiger partial charge on any atom is 0.419 e. The molecule has 0 saturated carbocycles. The third-order valence-electron chi connectivity index (χ3n) is 3.46. The fourth-order valence-electron chi connectivity index (χ4n) is 2.56. The van der Waals surface area contributed by atoms with Gasteiger partial charge in [-0.15, -0.1) is 0 Å². The van der Waals surface area contributed by atoms with Crippen molar-refractivity contribution >= 4 is 22.7 Å². The Balaban J connectivity index is 2.16. The molecular weight excluding hydrogens is 310 g/mol. The highest BCUT2D eigenvalue weighted by atomic mass is 16.6. The van der Waals surface area contributed by atoms with Gasteiger partial charge in [-0.2, -0.15) is 0 Å². The molecule has 2 aromatic heterocycles. The van der Waals surface area contributed by atoms with Gasteiger partial charge in [0.15, 0.2) is 0 Å². The maximum absolute atomic E-state index is 12.4. The molecule has 24 heavy (non-hydrogen) atoms. The zero-order valence-corrected chi connectivity index (χ0v) is 13.6. The molecule has 2 heterocycles. The molecule has 1 aromatic carbocycles. The predicted octanol–water partition coefficient (Wildman–Crippen LogP) is 4.33. The van der Waals surface area contributed by atoms with Gasteiger partial charge in [0.05, 0.1) is 21.5 Å². The highest BCUT2D eigenvalue weighted by Gasteiger charge is 2.27. The lowest BCUT2D eigenvalue weighted by atomic mass is 10.2. The summed E-state index contributed by atoms with van der Waals surface area (Å²) in [5.41, 5.74) is 0.569. The Morgan fingerprint density at radius 2 is 1.92 bits per heavy atom. The molecule has 1 N–H and O–H groups in total. The normalized spacial score (nSPS) is 11.6. The summed E-state index contributed by atoms with van der Waals surface area (Å²) in [7, 11) is 0. The number of hydrogen-bond donors (Lipinski definition) is 1. The molecule has 0 unspecified atom stereocenters. The minimum atomic E-state index is -0.662. The second kappa shape index (κ2) is 5.52. The van der Waals surface area contributed by atoms with Crippen molar-refractivity contribution in [2.24, 2.45) is 0 Å². The lowest BCUT2D eigenvalue weighted by Gasteiger charge is -2.20. The topological polar surface area (TPSA) is 90.2 Å². The molecule has 0 radical (unpaired) electrons. The van der Waals surface area contributed by atoms with Crippen LogP contribution in [0.25, 0.3) is 22.3 Å². The molecule has 0 saturated heterocycles. The van der Waals surface area contributed by atoms with Crippen molar-refractivity contribution in [3.63, 3.8) is 0 Å². The van der Waals surface area contributed by atoms with Crippen LogP contribution in [-0.4, -0.2) is 26.2 Å². The summed E-state index contributed by atoms with van der Waals surface area (Å²) in [6, 6.07) is 10.2. The van der Waals surface area contributed by atoms with Crippen molar-refractivity contribution in [1.82, 2.24) is 9.55 Å².